The average Bonchev–Trinajstić information content (AvgIpc) is 2.90. The summed E-state index contributed by atoms with van der Waals surface area (Å²) in [6, 6.07) is 9.16. The first-order valence-corrected chi connectivity index (χ1v) is 6.98. The van der Waals surface area contributed by atoms with Crippen LogP contribution in [0.1, 0.15) is 10.6 Å². The number of rotatable bonds is 3. The molecule has 3 aromatic rings. The van der Waals surface area contributed by atoms with Gasteiger partial charge in [0, 0.05) is 29.2 Å². The summed E-state index contributed by atoms with van der Waals surface area (Å²) < 4.78 is 13.1. The molecule has 0 saturated carbocycles. The van der Waals surface area contributed by atoms with E-state index in [1.807, 2.05) is 29.6 Å². The van der Waals surface area contributed by atoms with Crippen molar-refractivity contribution in [3.63, 3.8) is 0 Å². The van der Waals surface area contributed by atoms with Gasteiger partial charge in [-0.05, 0) is 23.8 Å². The highest BCUT2D eigenvalue weighted by Gasteiger charge is 2.06. The minimum atomic E-state index is -0.351. The molecule has 0 radical (unpaired) electrons. The Kier molecular flexibility index (Phi) is 3.43. The zero-order chi connectivity index (χ0) is 13.9. The van der Waals surface area contributed by atoms with Gasteiger partial charge in [-0.1, -0.05) is 12.1 Å². The molecule has 2 aromatic heterocycles. The van der Waals surface area contributed by atoms with Crippen LogP contribution in [0.25, 0.3) is 11.3 Å². The SMILES string of the molecule is Nc1ccc(Cc2nc(-c3cncc(F)c3)cs2)cc1. The van der Waals surface area contributed by atoms with Crippen molar-refractivity contribution in [1.29, 1.82) is 0 Å². The fourth-order valence-corrected chi connectivity index (χ4v) is 2.72. The van der Waals surface area contributed by atoms with Crippen LogP contribution in [0.4, 0.5) is 10.1 Å². The van der Waals surface area contributed by atoms with E-state index in [1.54, 1.807) is 17.5 Å². The molecule has 20 heavy (non-hydrogen) atoms. The monoisotopic (exact) mass is 285 g/mol. The standard InChI is InChI=1S/C15H12FN3S/c16-12-6-11(7-18-8-12)14-9-20-15(19-14)5-10-1-3-13(17)4-2-10/h1-4,6-9H,5,17H2. The number of anilines is 1. The summed E-state index contributed by atoms with van der Waals surface area (Å²) in [4.78, 5) is 8.36. The summed E-state index contributed by atoms with van der Waals surface area (Å²) in [7, 11) is 0. The van der Waals surface area contributed by atoms with E-state index in [0.717, 1.165) is 28.4 Å². The number of nitrogens with two attached hydrogens (primary N) is 1. The quantitative estimate of drug-likeness (QED) is 0.749. The normalized spacial score (nSPS) is 10.7. The highest BCUT2D eigenvalue weighted by Crippen LogP contribution is 2.23. The van der Waals surface area contributed by atoms with Crippen LogP contribution in [-0.4, -0.2) is 9.97 Å². The molecule has 100 valence electrons. The van der Waals surface area contributed by atoms with Crippen LogP contribution < -0.4 is 5.73 Å². The summed E-state index contributed by atoms with van der Waals surface area (Å²) in [6.45, 7) is 0. The number of pyridine rings is 1. The maximum Gasteiger partial charge on any atom is 0.142 e. The van der Waals surface area contributed by atoms with E-state index < -0.39 is 0 Å². The average molecular weight is 285 g/mol. The zero-order valence-electron chi connectivity index (χ0n) is 10.6. The molecular weight excluding hydrogens is 273 g/mol. The molecule has 1 aromatic carbocycles. The van der Waals surface area contributed by atoms with E-state index in [4.69, 9.17) is 5.73 Å². The lowest BCUT2D eigenvalue weighted by atomic mass is 10.1. The molecule has 3 rings (SSSR count). The van der Waals surface area contributed by atoms with Gasteiger partial charge in [-0.3, -0.25) is 4.98 Å². The highest BCUT2D eigenvalue weighted by molar-refractivity contribution is 7.10. The minimum Gasteiger partial charge on any atom is -0.399 e. The zero-order valence-corrected chi connectivity index (χ0v) is 11.4. The molecule has 0 aliphatic rings. The van der Waals surface area contributed by atoms with Gasteiger partial charge >= 0.3 is 0 Å². The van der Waals surface area contributed by atoms with Crippen LogP contribution in [0.2, 0.25) is 0 Å². The van der Waals surface area contributed by atoms with Gasteiger partial charge in [-0.25, -0.2) is 9.37 Å². The fraction of sp³-hybridized carbons (Fsp3) is 0.0667. The van der Waals surface area contributed by atoms with Crippen LogP contribution in [0, 0.1) is 5.82 Å². The van der Waals surface area contributed by atoms with Crippen LogP contribution in [0.15, 0.2) is 48.1 Å². The molecule has 0 saturated heterocycles. The highest BCUT2D eigenvalue weighted by atomic mass is 32.1. The summed E-state index contributed by atoms with van der Waals surface area (Å²) in [5, 5.41) is 2.90. The maximum absolute atomic E-state index is 13.1. The second-order valence-corrected chi connectivity index (χ2v) is 5.38. The third-order valence-corrected chi connectivity index (χ3v) is 3.74. The van der Waals surface area contributed by atoms with Crippen molar-refractivity contribution in [1.82, 2.24) is 9.97 Å². The van der Waals surface area contributed by atoms with E-state index >= 15 is 0 Å². The number of aromatic nitrogens is 2. The van der Waals surface area contributed by atoms with Crippen molar-refractivity contribution in [3.05, 3.63) is 64.5 Å². The summed E-state index contributed by atoms with van der Waals surface area (Å²) in [6.07, 6.45) is 3.55. The lowest BCUT2D eigenvalue weighted by molar-refractivity contribution is 0.622. The minimum absolute atomic E-state index is 0.351. The Balaban J connectivity index is 1.82. The van der Waals surface area contributed by atoms with E-state index in [1.165, 1.54) is 12.3 Å². The van der Waals surface area contributed by atoms with Gasteiger partial charge in [0.1, 0.15) is 5.82 Å². The molecule has 0 atom stereocenters. The van der Waals surface area contributed by atoms with Gasteiger partial charge in [-0.15, -0.1) is 11.3 Å². The van der Waals surface area contributed by atoms with Gasteiger partial charge in [-0.2, -0.15) is 0 Å². The molecule has 0 bridgehead atoms. The number of nitrogen functional groups attached to an aromatic ring is 1. The Hall–Kier alpha value is -2.27. The van der Waals surface area contributed by atoms with Gasteiger partial charge in [0.05, 0.1) is 16.9 Å². The second-order valence-electron chi connectivity index (χ2n) is 4.44. The van der Waals surface area contributed by atoms with Gasteiger partial charge in [0.2, 0.25) is 0 Å². The van der Waals surface area contributed by atoms with Crippen molar-refractivity contribution >= 4 is 17.0 Å². The Bertz CT molecular complexity index is 722. The number of hydrogen-bond acceptors (Lipinski definition) is 4. The Morgan fingerprint density at radius 1 is 1.15 bits per heavy atom. The maximum atomic E-state index is 13.1. The topological polar surface area (TPSA) is 51.8 Å². The Morgan fingerprint density at radius 2 is 1.95 bits per heavy atom. The largest absolute Gasteiger partial charge is 0.399 e. The van der Waals surface area contributed by atoms with E-state index in [0.29, 0.717) is 5.56 Å². The third-order valence-electron chi connectivity index (χ3n) is 2.89. The molecule has 2 heterocycles. The van der Waals surface area contributed by atoms with Crippen molar-refractivity contribution in [2.75, 3.05) is 5.73 Å². The molecule has 0 unspecified atom stereocenters. The van der Waals surface area contributed by atoms with Crippen LogP contribution in [0.5, 0.6) is 0 Å². The Labute approximate surface area is 119 Å². The second kappa shape index (κ2) is 5.38. The van der Waals surface area contributed by atoms with Gasteiger partial charge in [0.25, 0.3) is 0 Å². The Morgan fingerprint density at radius 3 is 2.70 bits per heavy atom. The number of thiazole rings is 1. The van der Waals surface area contributed by atoms with Crippen molar-refractivity contribution < 1.29 is 4.39 Å². The van der Waals surface area contributed by atoms with Crippen molar-refractivity contribution in [2.45, 2.75) is 6.42 Å². The lowest BCUT2D eigenvalue weighted by Crippen LogP contribution is -1.90. The molecule has 0 amide bonds. The molecule has 5 heteroatoms. The first-order chi connectivity index (χ1) is 9.70. The van der Waals surface area contributed by atoms with Gasteiger partial charge < -0.3 is 5.73 Å². The van der Waals surface area contributed by atoms with Crippen molar-refractivity contribution in [2.24, 2.45) is 0 Å². The lowest BCUT2D eigenvalue weighted by Gasteiger charge is -1.99. The van der Waals surface area contributed by atoms with E-state index in [9.17, 15) is 4.39 Å². The first-order valence-electron chi connectivity index (χ1n) is 6.10. The van der Waals surface area contributed by atoms with E-state index in [2.05, 4.69) is 9.97 Å². The molecule has 0 fully saturated rings. The molecule has 3 nitrogen and oxygen atoms in total. The molecule has 0 spiro atoms. The number of hydrogen-bond donors (Lipinski definition) is 1. The summed E-state index contributed by atoms with van der Waals surface area (Å²) >= 11 is 1.56. The predicted octanol–water partition coefficient (Wildman–Crippen LogP) is 3.52. The van der Waals surface area contributed by atoms with Crippen LogP contribution >= 0.6 is 11.3 Å². The smallest absolute Gasteiger partial charge is 0.142 e. The van der Waals surface area contributed by atoms with Crippen molar-refractivity contribution in [3.8, 4) is 11.3 Å². The third kappa shape index (κ3) is 2.83. The fourth-order valence-electron chi connectivity index (χ4n) is 1.89. The number of nitrogens with zero attached hydrogens (tertiary/aromatic N) is 2. The molecular formula is C15H12FN3S. The molecule has 0 aliphatic heterocycles. The summed E-state index contributed by atoms with van der Waals surface area (Å²) in [5.74, 6) is -0.351. The van der Waals surface area contributed by atoms with Gasteiger partial charge in [0.15, 0.2) is 0 Å². The first kappa shape index (κ1) is 12.7. The van der Waals surface area contributed by atoms with Crippen LogP contribution in [0.3, 0.4) is 0 Å². The molecule has 0 aliphatic carbocycles. The predicted molar refractivity (Wildman–Crippen MR) is 79.0 cm³/mol. The summed E-state index contributed by atoms with van der Waals surface area (Å²) in [5.41, 5.74) is 9.01. The molecule has 2 N–H and O–H groups in total. The number of halogens is 1. The number of benzene rings is 1. The van der Waals surface area contributed by atoms with E-state index in [-0.39, 0.29) is 5.82 Å². The van der Waals surface area contributed by atoms with Crippen LogP contribution in [-0.2, 0) is 6.42 Å².